The number of ether oxygens (including phenoxy) is 1. The number of aliphatic hydroxyl groups is 2. The van der Waals surface area contributed by atoms with E-state index in [4.69, 9.17) is 4.74 Å². The van der Waals surface area contributed by atoms with Crippen molar-refractivity contribution < 1.29 is 24.5 Å². The number of rotatable bonds is 2. The molecule has 0 bridgehead atoms. The van der Waals surface area contributed by atoms with Crippen molar-refractivity contribution in [3.05, 3.63) is 23.8 Å². The van der Waals surface area contributed by atoms with Crippen LogP contribution in [0.5, 0.6) is 0 Å². The van der Waals surface area contributed by atoms with E-state index >= 15 is 0 Å². The van der Waals surface area contributed by atoms with Gasteiger partial charge in [-0.3, -0.25) is 9.59 Å². The minimum absolute atomic E-state index is 0.0374. The molecule has 2 N–H and O–H groups in total. The van der Waals surface area contributed by atoms with Crippen LogP contribution in [0.4, 0.5) is 0 Å². The van der Waals surface area contributed by atoms with Gasteiger partial charge < -0.3 is 14.9 Å². The zero-order valence-electron chi connectivity index (χ0n) is 16.0. The largest absolute Gasteiger partial charge is 0.393 e. The van der Waals surface area contributed by atoms with Crippen LogP contribution in [0.2, 0.25) is 0 Å². The monoisotopic (exact) mass is 372 g/mol. The first-order valence-electron chi connectivity index (χ1n) is 10.2. The van der Waals surface area contributed by atoms with Gasteiger partial charge in [0, 0.05) is 16.7 Å². The molecule has 1 heterocycles. The van der Waals surface area contributed by atoms with Crippen LogP contribution in [0.25, 0.3) is 0 Å². The highest BCUT2D eigenvalue weighted by molar-refractivity contribution is 6.01. The van der Waals surface area contributed by atoms with Crippen molar-refractivity contribution in [2.45, 2.75) is 51.2 Å². The van der Waals surface area contributed by atoms with Gasteiger partial charge in [-0.25, -0.2) is 0 Å². The Balaban J connectivity index is 1.58. The summed E-state index contributed by atoms with van der Waals surface area (Å²) in [5.41, 5.74) is -0.393. The fourth-order valence-corrected chi connectivity index (χ4v) is 7.83. The summed E-state index contributed by atoms with van der Waals surface area (Å²) in [6.45, 7) is 4.35. The van der Waals surface area contributed by atoms with Gasteiger partial charge in [0.05, 0.1) is 12.7 Å². The number of hydrogen-bond donors (Lipinski definition) is 2. The quantitative estimate of drug-likeness (QED) is 0.773. The summed E-state index contributed by atoms with van der Waals surface area (Å²) in [7, 11) is 0. The lowest BCUT2D eigenvalue weighted by Gasteiger charge is -2.65. The number of hydrogen-bond acceptors (Lipinski definition) is 5. The van der Waals surface area contributed by atoms with Gasteiger partial charge in [-0.05, 0) is 55.6 Å². The van der Waals surface area contributed by atoms with Gasteiger partial charge in [-0.15, -0.1) is 0 Å². The highest BCUT2D eigenvalue weighted by Crippen LogP contribution is 2.71. The summed E-state index contributed by atoms with van der Waals surface area (Å²) in [6.07, 6.45) is 7.92. The van der Waals surface area contributed by atoms with E-state index in [-0.39, 0.29) is 34.2 Å². The number of ketones is 2. The number of carbonyl (C=O) groups excluding carboxylic acids is 2. The third-order valence-electron chi connectivity index (χ3n) is 8.82. The van der Waals surface area contributed by atoms with E-state index in [1.165, 1.54) is 0 Å². The van der Waals surface area contributed by atoms with Crippen LogP contribution in [0.1, 0.15) is 39.5 Å². The second kappa shape index (κ2) is 5.40. The number of fused-ring (bicyclic) bond motifs is 4. The second-order valence-corrected chi connectivity index (χ2v) is 9.71. The second-order valence-electron chi connectivity index (χ2n) is 9.71. The lowest BCUT2D eigenvalue weighted by atomic mass is 9.43. The molecule has 0 amide bonds. The number of carbonyl (C=O) groups is 2. The molecule has 146 valence electrons. The first-order chi connectivity index (χ1) is 12.8. The van der Waals surface area contributed by atoms with Crippen LogP contribution in [-0.2, 0) is 14.3 Å². The van der Waals surface area contributed by atoms with Crippen LogP contribution >= 0.6 is 0 Å². The average molecular weight is 372 g/mol. The van der Waals surface area contributed by atoms with Crippen LogP contribution in [-0.4, -0.2) is 46.7 Å². The summed E-state index contributed by atoms with van der Waals surface area (Å²) in [5.74, 6) is 0.761. The molecular formula is C22H28O5. The fourth-order valence-electron chi connectivity index (χ4n) is 7.83. The molecule has 0 aromatic heterocycles. The molecule has 0 radical (unpaired) electrons. The van der Waals surface area contributed by atoms with E-state index < -0.39 is 18.3 Å². The molecule has 1 spiro atoms. The van der Waals surface area contributed by atoms with Gasteiger partial charge in [0.1, 0.15) is 12.2 Å². The van der Waals surface area contributed by atoms with E-state index in [0.717, 1.165) is 18.4 Å². The minimum Gasteiger partial charge on any atom is -0.393 e. The highest BCUT2D eigenvalue weighted by atomic mass is 16.5. The summed E-state index contributed by atoms with van der Waals surface area (Å²) < 4.78 is 5.87. The Labute approximate surface area is 159 Å². The Hall–Kier alpha value is -1.30. The maximum absolute atomic E-state index is 12.6. The zero-order valence-corrected chi connectivity index (χ0v) is 16.0. The summed E-state index contributed by atoms with van der Waals surface area (Å²) >= 11 is 0. The molecule has 4 aliphatic carbocycles. The van der Waals surface area contributed by atoms with Crippen molar-refractivity contribution in [2.24, 2.45) is 34.5 Å². The first kappa shape index (κ1) is 17.8. The number of Topliss-reactive ketones (excluding diaryl/α,β-unsaturated/α-hetero) is 1. The van der Waals surface area contributed by atoms with E-state index in [1.807, 2.05) is 6.08 Å². The Morgan fingerprint density at radius 1 is 1.41 bits per heavy atom. The Kier molecular flexibility index (Phi) is 3.55. The third-order valence-corrected chi connectivity index (χ3v) is 8.82. The minimum atomic E-state index is -0.892. The molecular weight excluding hydrogens is 344 g/mol. The lowest BCUT2D eigenvalue weighted by Crippen LogP contribution is -2.72. The molecule has 1 aliphatic heterocycles. The van der Waals surface area contributed by atoms with Gasteiger partial charge in [-0.2, -0.15) is 0 Å². The molecule has 27 heavy (non-hydrogen) atoms. The maximum Gasteiger partial charge on any atom is 0.190 e. The Bertz CT molecular complexity index is 784. The van der Waals surface area contributed by atoms with Crippen molar-refractivity contribution in [3.8, 4) is 0 Å². The molecule has 1 unspecified atom stereocenters. The topological polar surface area (TPSA) is 83.8 Å². The smallest absolute Gasteiger partial charge is 0.190 e. The Morgan fingerprint density at radius 3 is 2.85 bits per heavy atom. The van der Waals surface area contributed by atoms with Gasteiger partial charge in [0.25, 0.3) is 0 Å². The molecule has 0 aromatic rings. The standard InChI is InChI=1S/C22H28O5/c1-12-7-14-15-4-6-22(18(26)10-23)21(15,11-27-22)9-17(25)19(14)20(2)5-3-13(24)8-16(12)20/h3,5,8,12,14-15,17,19,23,25H,4,6-7,9-11H2,1-2H3/t12-,14-,15-,17-,19?,20-,21+,22-/m0/s1. The van der Waals surface area contributed by atoms with Crippen molar-refractivity contribution in [1.82, 2.24) is 0 Å². The normalized spacial score (nSPS) is 52.8. The van der Waals surface area contributed by atoms with Gasteiger partial charge >= 0.3 is 0 Å². The molecule has 5 heteroatoms. The number of allylic oxidation sites excluding steroid dienone is 4. The van der Waals surface area contributed by atoms with Crippen molar-refractivity contribution in [1.29, 1.82) is 0 Å². The third kappa shape index (κ3) is 1.91. The fraction of sp³-hybridized carbons (Fsp3) is 0.727. The highest BCUT2D eigenvalue weighted by Gasteiger charge is 2.76. The van der Waals surface area contributed by atoms with E-state index in [0.29, 0.717) is 31.3 Å². The molecule has 5 aliphatic rings. The van der Waals surface area contributed by atoms with Gasteiger partial charge in [-0.1, -0.05) is 25.5 Å². The molecule has 5 nitrogen and oxygen atoms in total. The lowest BCUT2D eigenvalue weighted by molar-refractivity contribution is -0.288. The molecule has 5 rings (SSSR count). The van der Waals surface area contributed by atoms with Crippen molar-refractivity contribution in [2.75, 3.05) is 13.2 Å². The van der Waals surface area contributed by atoms with Crippen molar-refractivity contribution >= 4 is 11.6 Å². The molecule has 3 saturated carbocycles. The van der Waals surface area contributed by atoms with E-state index in [1.54, 1.807) is 12.2 Å². The van der Waals surface area contributed by atoms with Crippen LogP contribution in [0.15, 0.2) is 23.8 Å². The maximum atomic E-state index is 12.6. The van der Waals surface area contributed by atoms with Crippen molar-refractivity contribution in [3.63, 3.8) is 0 Å². The van der Waals surface area contributed by atoms with E-state index in [2.05, 4.69) is 13.8 Å². The van der Waals surface area contributed by atoms with Crippen LogP contribution in [0, 0.1) is 34.5 Å². The molecule has 8 atom stereocenters. The summed E-state index contributed by atoms with van der Waals surface area (Å²) in [6, 6.07) is 0. The van der Waals surface area contributed by atoms with Gasteiger partial charge in [0.15, 0.2) is 11.6 Å². The van der Waals surface area contributed by atoms with E-state index in [9.17, 15) is 19.8 Å². The van der Waals surface area contributed by atoms with Crippen LogP contribution < -0.4 is 0 Å². The SMILES string of the molecule is C[C@H]1C[C@@H]2C([C@@H](O)C[C@]34CO[C@]3(C(=O)CO)CC[C@@H]24)[C@@]2(C)C=CC(=O)C=C12. The van der Waals surface area contributed by atoms with Crippen LogP contribution in [0.3, 0.4) is 0 Å². The molecule has 4 fully saturated rings. The molecule has 0 aromatic carbocycles. The summed E-state index contributed by atoms with van der Waals surface area (Å²) in [4.78, 5) is 24.6. The predicted octanol–water partition coefficient (Wildman–Crippen LogP) is 1.82. The zero-order chi connectivity index (χ0) is 19.2. The average Bonchev–Trinajstić information content (AvgIpc) is 2.84. The molecule has 1 saturated heterocycles. The Morgan fingerprint density at radius 2 is 2.19 bits per heavy atom. The summed E-state index contributed by atoms with van der Waals surface area (Å²) in [5, 5.41) is 20.8. The number of aliphatic hydroxyl groups excluding tert-OH is 2. The van der Waals surface area contributed by atoms with Gasteiger partial charge in [0.2, 0.25) is 0 Å². The predicted molar refractivity (Wildman–Crippen MR) is 97.7 cm³/mol. The first-order valence-corrected chi connectivity index (χ1v) is 10.2.